The van der Waals surface area contributed by atoms with Crippen LogP contribution in [-0.4, -0.2) is 35.8 Å². The van der Waals surface area contributed by atoms with Gasteiger partial charge in [0.2, 0.25) is 11.8 Å². The summed E-state index contributed by atoms with van der Waals surface area (Å²) in [4.78, 5) is 25.7. The van der Waals surface area contributed by atoms with Gasteiger partial charge < -0.3 is 5.32 Å². The first-order chi connectivity index (χ1) is 7.23. The highest BCUT2D eigenvalue weighted by Gasteiger charge is 2.54. The SMILES string of the molecule is O=C1CC2(CCCC2)C(=O)N1C1CNC1. The summed E-state index contributed by atoms with van der Waals surface area (Å²) < 4.78 is 0. The van der Waals surface area contributed by atoms with Gasteiger partial charge in [-0.3, -0.25) is 14.5 Å². The molecule has 0 bridgehead atoms. The van der Waals surface area contributed by atoms with Crippen molar-refractivity contribution in [2.45, 2.75) is 38.1 Å². The van der Waals surface area contributed by atoms with Crippen molar-refractivity contribution in [1.82, 2.24) is 10.2 Å². The number of rotatable bonds is 1. The van der Waals surface area contributed by atoms with Crippen LogP contribution in [0.15, 0.2) is 0 Å². The van der Waals surface area contributed by atoms with Crippen LogP contribution < -0.4 is 5.32 Å². The van der Waals surface area contributed by atoms with Crippen molar-refractivity contribution in [2.75, 3.05) is 13.1 Å². The van der Waals surface area contributed by atoms with Crippen LogP contribution in [0.2, 0.25) is 0 Å². The Kier molecular flexibility index (Phi) is 1.89. The van der Waals surface area contributed by atoms with Gasteiger partial charge >= 0.3 is 0 Å². The molecule has 2 aliphatic heterocycles. The van der Waals surface area contributed by atoms with Gasteiger partial charge in [-0.15, -0.1) is 0 Å². The van der Waals surface area contributed by atoms with Crippen LogP contribution in [0.25, 0.3) is 0 Å². The van der Waals surface area contributed by atoms with Gasteiger partial charge in [-0.1, -0.05) is 12.8 Å². The van der Waals surface area contributed by atoms with Gasteiger partial charge in [0.15, 0.2) is 0 Å². The average Bonchev–Trinajstić information content (AvgIpc) is 2.66. The number of nitrogens with one attached hydrogen (secondary N) is 1. The molecule has 15 heavy (non-hydrogen) atoms. The van der Waals surface area contributed by atoms with Gasteiger partial charge in [0.05, 0.1) is 11.5 Å². The maximum Gasteiger partial charge on any atom is 0.236 e. The fourth-order valence-electron chi connectivity index (χ4n) is 3.09. The topological polar surface area (TPSA) is 49.4 Å². The largest absolute Gasteiger partial charge is 0.313 e. The molecule has 3 fully saturated rings. The zero-order valence-electron chi connectivity index (χ0n) is 8.79. The van der Waals surface area contributed by atoms with E-state index < -0.39 is 0 Å². The predicted octanol–water partition coefficient (Wildman–Crippen LogP) is 0.277. The lowest BCUT2D eigenvalue weighted by molar-refractivity contribution is -0.145. The molecule has 0 atom stereocenters. The first kappa shape index (κ1) is 9.33. The highest BCUT2D eigenvalue weighted by atomic mass is 16.2. The van der Waals surface area contributed by atoms with Crippen molar-refractivity contribution in [1.29, 1.82) is 0 Å². The summed E-state index contributed by atoms with van der Waals surface area (Å²) in [5.41, 5.74) is -0.285. The maximum absolute atomic E-state index is 12.3. The Morgan fingerprint density at radius 2 is 1.87 bits per heavy atom. The number of carbonyl (C=O) groups excluding carboxylic acids is 2. The molecule has 4 heteroatoms. The smallest absolute Gasteiger partial charge is 0.236 e. The van der Waals surface area contributed by atoms with Crippen molar-refractivity contribution < 1.29 is 9.59 Å². The molecule has 0 unspecified atom stereocenters. The highest BCUT2D eigenvalue weighted by molar-refractivity contribution is 6.06. The van der Waals surface area contributed by atoms with Crippen LogP contribution in [0.5, 0.6) is 0 Å². The molecule has 0 aromatic rings. The molecular formula is C11H16N2O2. The molecule has 2 heterocycles. The summed E-state index contributed by atoms with van der Waals surface area (Å²) in [5.74, 6) is 0.185. The lowest BCUT2D eigenvalue weighted by Gasteiger charge is -2.35. The fraction of sp³-hybridized carbons (Fsp3) is 0.818. The molecule has 1 spiro atoms. The third kappa shape index (κ3) is 1.17. The number of amides is 2. The molecule has 2 saturated heterocycles. The first-order valence-electron chi connectivity index (χ1n) is 5.80. The van der Waals surface area contributed by atoms with Gasteiger partial charge in [-0.2, -0.15) is 0 Å². The Morgan fingerprint density at radius 3 is 2.40 bits per heavy atom. The van der Waals surface area contributed by atoms with Crippen LogP contribution in [0.3, 0.4) is 0 Å². The highest BCUT2D eigenvalue weighted by Crippen LogP contribution is 2.47. The molecule has 4 nitrogen and oxygen atoms in total. The van der Waals surface area contributed by atoms with Crippen molar-refractivity contribution in [3.8, 4) is 0 Å². The summed E-state index contributed by atoms with van der Waals surface area (Å²) in [6, 6.07) is 0.143. The molecule has 0 radical (unpaired) electrons. The van der Waals surface area contributed by atoms with Crippen LogP contribution in [0, 0.1) is 5.41 Å². The Hall–Kier alpha value is -0.900. The second-order valence-corrected chi connectivity index (χ2v) is 5.05. The molecule has 2 amide bonds. The van der Waals surface area contributed by atoms with E-state index in [9.17, 15) is 9.59 Å². The van der Waals surface area contributed by atoms with Crippen molar-refractivity contribution >= 4 is 11.8 Å². The zero-order valence-corrected chi connectivity index (χ0v) is 8.79. The Morgan fingerprint density at radius 1 is 1.20 bits per heavy atom. The summed E-state index contributed by atoms with van der Waals surface area (Å²) in [7, 11) is 0. The summed E-state index contributed by atoms with van der Waals surface area (Å²) in [6.45, 7) is 1.57. The molecule has 82 valence electrons. The maximum atomic E-state index is 12.3. The Bertz CT molecular complexity index is 317. The third-order valence-corrected chi connectivity index (χ3v) is 4.12. The minimum Gasteiger partial charge on any atom is -0.313 e. The first-order valence-corrected chi connectivity index (χ1v) is 5.80. The number of nitrogens with zero attached hydrogens (tertiary/aromatic N) is 1. The average molecular weight is 208 g/mol. The van der Waals surface area contributed by atoms with Crippen molar-refractivity contribution in [2.24, 2.45) is 5.41 Å². The quantitative estimate of drug-likeness (QED) is 0.630. The van der Waals surface area contributed by atoms with Gasteiger partial charge in [-0.05, 0) is 12.8 Å². The number of hydrogen-bond acceptors (Lipinski definition) is 3. The van der Waals surface area contributed by atoms with Crippen LogP contribution in [0.4, 0.5) is 0 Å². The van der Waals surface area contributed by atoms with E-state index in [1.54, 1.807) is 4.90 Å². The summed E-state index contributed by atoms with van der Waals surface area (Å²) in [5, 5.41) is 3.11. The van der Waals surface area contributed by atoms with E-state index in [-0.39, 0.29) is 23.3 Å². The Labute approximate surface area is 89.0 Å². The lowest BCUT2D eigenvalue weighted by atomic mass is 9.84. The van der Waals surface area contributed by atoms with Crippen LogP contribution >= 0.6 is 0 Å². The van der Waals surface area contributed by atoms with Gasteiger partial charge in [0.25, 0.3) is 0 Å². The zero-order chi connectivity index (χ0) is 10.5. The second-order valence-electron chi connectivity index (χ2n) is 5.05. The van der Waals surface area contributed by atoms with Gasteiger partial charge in [0, 0.05) is 19.5 Å². The lowest BCUT2D eigenvalue weighted by Crippen LogP contribution is -2.59. The van der Waals surface area contributed by atoms with E-state index in [0.717, 1.165) is 38.8 Å². The molecule has 1 N–H and O–H groups in total. The minimum absolute atomic E-state index is 0.0633. The second kappa shape index (κ2) is 3.04. The number of hydrogen-bond donors (Lipinski definition) is 1. The number of imide groups is 1. The summed E-state index contributed by atoms with van der Waals surface area (Å²) >= 11 is 0. The molecule has 1 aliphatic carbocycles. The Balaban J connectivity index is 1.86. The number of likely N-dealkylation sites (tertiary alicyclic amines) is 1. The molecule has 1 saturated carbocycles. The molecule has 0 aromatic heterocycles. The third-order valence-electron chi connectivity index (χ3n) is 4.12. The van der Waals surface area contributed by atoms with E-state index in [2.05, 4.69) is 5.32 Å². The molecule has 3 rings (SSSR count). The molecule has 3 aliphatic rings. The van der Waals surface area contributed by atoms with E-state index in [4.69, 9.17) is 0 Å². The van der Waals surface area contributed by atoms with E-state index in [0.29, 0.717) is 6.42 Å². The minimum atomic E-state index is -0.285. The van der Waals surface area contributed by atoms with Crippen LogP contribution in [-0.2, 0) is 9.59 Å². The standard InChI is InChI=1S/C11H16N2O2/c14-9-5-11(3-1-2-4-11)10(15)13(9)8-6-12-7-8/h8,12H,1-7H2. The molecule has 0 aromatic carbocycles. The van der Waals surface area contributed by atoms with Crippen molar-refractivity contribution in [3.05, 3.63) is 0 Å². The van der Waals surface area contributed by atoms with E-state index in [1.165, 1.54) is 0 Å². The summed E-state index contributed by atoms with van der Waals surface area (Å²) in [6.07, 6.45) is 4.54. The van der Waals surface area contributed by atoms with Crippen LogP contribution in [0.1, 0.15) is 32.1 Å². The monoisotopic (exact) mass is 208 g/mol. The van der Waals surface area contributed by atoms with Gasteiger partial charge in [0.1, 0.15) is 0 Å². The predicted molar refractivity (Wildman–Crippen MR) is 54.0 cm³/mol. The van der Waals surface area contributed by atoms with Gasteiger partial charge in [-0.25, -0.2) is 0 Å². The molecular weight excluding hydrogens is 192 g/mol. The fourth-order valence-corrected chi connectivity index (χ4v) is 3.09. The number of carbonyl (C=O) groups is 2. The van der Waals surface area contributed by atoms with Crippen molar-refractivity contribution in [3.63, 3.8) is 0 Å². The van der Waals surface area contributed by atoms with E-state index >= 15 is 0 Å². The normalized spacial score (nSPS) is 30.3. The van der Waals surface area contributed by atoms with E-state index in [1.807, 2.05) is 0 Å².